The molecule has 0 saturated carbocycles. The quantitative estimate of drug-likeness (QED) is 0.555. The molecule has 0 saturated heterocycles. The fraction of sp³-hybridized carbons (Fsp3) is 0.800. The molecule has 0 aromatic rings. The second-order valence-corrected chi connectivity index (χ2v) is 4.24. The Kier molecular flexibility index (Phi) is 4.24. The fourth-order valence-electron chi connectivity index (χ4n) is 1.45. The van der Waals surface area contributed by atoms with Crippen LogP contribution in [0.2, 0.25) is 0 Å². The maximum atomic E-state index is 5.16. The molecule has 66 valence electrons. The van der Waals surface area contributed by atoms with Crippen molar-refractivity contribution in [1.29, 1.82) is 0 Å². The van der Waals surface area contributed by atoms with Gasteiger partial charge < -0.3 is 4.74 Å². The Hall–Kier alpha value is -0.460. The van der Waals surface area contributed by atoms with Crippen molar-refractivity contribution in [2.24, 2.45) is 11.3 Å². The summed E-state index contributed by atoms with van der Waals surface area (Å²) < 4.78 is 5.16. The normalized spacial score (nSPS) is 11.7. The van der Waals surface area contributed by atoms with Crippen LogP contribution in [0.4, 0.5) is 0 Å². The molecule has 0 rings (SSSR count). The van der Waals surface area contributed by atoms with E-state index in [1.807, 2.05) is 0 Å². The standard InChI is InChI=1S/C10H20O/c1-6-11-8-10(4,5)7-9(2)3/h6,9H,1,7-8H2,2-5H3. The summed E-state index contributed by atoms with van der Waals surface area (Å²) in [4.78, 5) is 0. The molecular formula is C10H20O. The van der Waals surface area contributed by atoms with E-state index in [1.165, 1.54) is 12.7 Å². The monoisotopic (exact) mass is 156 g/mol. The van der Waals surface area contributed by atoms with Crippen LogP contribution in [0.3, 0.4) is 0 Å². The van der Waals surface area contributed by atoms with E-state index >= 15 is 0 Å². The lowest BCUT2D eigenvalue weighted by Gasteiger charge is -2.25. The van der Waals surface area contributed by atoms with E-state index in [1.54, 1.807) is 0 Å². The Morgan fingerprint density at radius 2 is 2.00 bits per heavy atom. The van der Waals surface area contributed by atoms with Gasteiger partial charge in [0.15, 0.2) is 0 Å². The van der Waals surface area contributed by atoms with E-state index in [4.69, 9.17) is 4.74 Å². The van der Waals surface area contributed by atoms with Gasteiger partial charge in [-0.05, 0) is 17.8 Å². The topological polar surface area (TPSA) is 9.23 Å². The molecule has 0 aliphatic heterocycles. The van der Waals surface area contributed by atoms with Gasteiger partial charge in [-0.25, -0.2) is 0 Å². The molecule has 0 aliphatic carbocycles. The van der Waals surface area contributed by atoms with Crippen molar-refractivity contribution in [2.45, 2.75) is 34.1 Å². The lowest BCUT2D eigenvalue weighted by atomic mass is 9.85. The average Bonchev–Trinajstić information content (AvgIpc) is 1.81. The zero-order valence-electron chi connectivity index (χ0n) is 8.18. The summed E-state index contributed by atoms with van der Waals surface area (Å²) in [6.07, 6.45) is 2.71. The maximum absolute atomic E-state index is 5.16. The van der Waals surface area contributed by atoms with Crippen LogP contribution in [0, 0.1) is 11.3 Å². The third kappa shape index (κ3) is 5.96. The molecule has 0 bridgehead atoms. The SMILES string of the molecule is C=COCC(C)(C)CC(C)C. The molecule has 0 spiro atoms. The Balaban J connectivity index is 3.69. The predicted octanol–water partition coefficient (Wildman–Crippen LogP) is 3.22. The highest BCUT2D eigenvalue weighted by atomic mass is 16.5. The summed E-state index contributed by atoms with van der Waals surface area (Å²) >= 11 is 0. The van der Waals surface area contributed by atoms with E-state index in [0.29, 0.717) is 0 Å². The number of rotatable bonds is 5. The molecule has 0 unspecified atom stereocenters. The Morgan fingerprint density at radius 1 is 1.45 bits per heavy atom. The van der Waals surface area contributed by atoms with Crippen LogP contribution in [0.1, 0.15) is 34.1 Å². The van der Waals surface area contributed by atoms with Gasteiger partial charge in [0.1, 0.15) is 0 Å². The third-order valence-electron chi connectivity index (χ3n) is 1.55. The number of hydrogen-bond donors (Lipinski definition) is 0. The molecule has 1 nitrogen and oxygen atoms in total. The molecule has 0 aromatic heterocycles. The Bertz CT molecular complexity index is 114. The second kappa shape index (κ2) is 4.42. The highest BCUT2D eigenvalue weighted by molar-refractivity contribution is 4.70. The molecule has 0 aromatic carbocycles. The van der Waals surface area contributed by atoms with Crippen molar-refractivity contribution in [3.63, 3.8) is 0 Å². The Labute approximate surface area is 70.4 Å². The zero-order chi connectivity index (χ0) is 8.91. The third-order valence-corrected chi connectivity index (χ3v) is 1.55. The molecule has 11 heavy (non-hydrogen) atoms. The van der Waals surface area contributed by atoms with Gasteiger partial charge in [-0.3, -0.25) is 0 Å². The first-order valence-electron chi connectivity index (χ1n) is 4.20. The van der Waals surface area contributed by atoms with E-state index in [9.17, 15) is 0 Å². The summed E-state index contributed by atoms with van der Waals surface area (Å²) in [5.41, 5.74) is 0.280. The van der Waals surface area contributed by atoms with Gasteiger partial charge in [0.25, 0.3) is 0 Å². The minimum atomic E-state index is 0.280. The predicted molar refractivity (Wildman–Crippen MR) is 49.4 cm³/mol. The summed E-state index contributed by atoms with van der Waals surface area (Å²) in [6.45, 7) is 13.2. The zero-order valence-corrected chi connectivity index (χ0v) is 8.18. The van der Waals surface area contributed by atoms with Crippen molar-refractivity contribution in [1.82, 2.24) is 0 Å². The van der Waals surface area contributed by atoms with Gasteiger partial charge in [0.2, 0.25) is 0 Å². The summed E-state index contributed by atoms with van der Waals surface area (Å²) in [6, 6.07) is 0. The van der Waals surface area contributed by atoms with Crippen molar-refractivity contribution < 1.29 is 4.74 Å². The van der Waals surface area contributed by atoms with Gasteiger partial charge in [-0.1, -0.05) is 34.3 Å². The first-order valence-corrected chi connectivity index (χ1v) is 4.20. The minimum absolute atomic E-state index is 0.280. The molecule has 0 aliphatic rings. The van der Waals surface area contributed by atoms with Crippen LogP contribution in [-0.2, 0) is 4.74 Å². The smallest absolute Gasteiger partial charge is 0.0923 e. The summed E-state index contributed by atoms with van der Waals surface area (Å²) in [7, 11) is 0. The van der Waals surface area contributed by atoms with Gasteiger partial charge in [0.05, 0.1) is 12.9 Å². The minimum Gasteiger partial charge on any atom is -0.501 e. The molecule has 0 radical (unpaired) electrons. The van der Waals surface area contributed by atoms with Gasteiger partial charge >= 0.3 is 0 Å². The second-order valence-electron chi connectivity index (χ2n) is 4.24. The molecule has 0 amide bonds. The fourth-order valence-corrected chi connectivity index (χ4v) is 1.45. The van der Waals surface area contributed by atoms with Gasteiger partial charge in [0, 0.05) is 0 Å². The molecule has 1 heteroatoms. The van der Waals surface area contributed by atoms with Crippen molar-refractivity contribution in [3.8, 4) is 0 Å². The summed E-state index contributed by atoms with van der Waals surface area (Å²) in [5, 5.41) is 0. The average molecular weight is 156 g/mol. The van der Waals surface area contributed by atoms with Crippen LogP contribution in [0.5, 0.6) is 0 Å². The first-order chi connectivity index (χ1) is 4.98. The van der Waals surface area contributed by atoms with Gasteiger partial charge in [-0.2, -0.15) is 0 Å². The molecular weight excluding hydrogens is 136 g/mol. The molecule has 0 fully saturated rings. The molecule has 0 N–H and O–H groups in total. The van der Waals surface area contributed by atoms with E-state index in [0.717, 1.165) is 12.5 Å². The van der Waals surface area contributed by atoms with E-state index < -0.39 is 0 Å². The van der Waals surface area contributed by atoms with Crippen LogP contribution < -0.4 is 0 Å². The van der Waals surface area contributed by atoms with Crippen LogP contribution in [0.15, 0.2) is 12.8 Å². The van der Waals surface area contributed by atoms with E-state index in [2.05, 4.69) is 34.3 Å². The number of hydrogen-bond acceptors (Lipinski definition) is 1. The van der Waals surface area contributed by atoms with Crippen LogP contribution in [-0.4, -0.2) is 6.61 Å². The van der Waals surface area contributed by atoms with Crippen molar-refractivity contribution in [3.05, 3.63) is 12.8 Å². The summed E-state index contributed by atoms with van der Waals surface area (Å²) in [5.74, 6) is 0.735. The van der Waals surface area contributed by atoms with Gasteiger partial charge in [-0.15, -0.1) is 0 Å². The van der Waals surface area contributed by atoms with Crippen molar-refractivity contribution >= 4 is 0 Å². The Morgan fingerprint density at radius 3 is 2.36 bits per heavy atom. The van der Waals surface area contributed by atoms with Crippen molar-refractivity contribution in [2.75, 3.05) is 6.61 Å². The maximum Gasteiger partial charge on any atom is 0.0923 e. The van der Waals surface area contributed by atoms with E-state index in [-0.39, 0.29) is 5.41 Å². The van der Waals surface area contributed by atoms with Crippen LogP contribution >= 0.6 is 0 Å². The number of ether oxygens (including phenoxy) is 1. The molecule has 0 atom stereocenters. The largest absolute Gasteiger partial charge is 0.501 e. The van der Waals surface area contributed by atoms with Crippen LogP contribution in [0.25, 0.3) is 0 Å². The first kappa shape index (κ1) is 10.5. The highest BCUT2D eigenvalue weighted by Crippen LogP contribution is 2.25. The lowest BCUT2D eigenvalue weighted by molar-refractivity contribution is 0.118. The molecule has 0 heterocycles. The highest BCUT2D eigenvalue weighted by Gasteiger charge is 2.19. The lowest BCUT2D eigenvalue weighted by Crippen LogP contribution is -2.20.